The SMILES string of the molecule is CNc1ccncc1C(=O)N1CC2CCCC2C1. The molecule has 0 radical (unpaired) electrons. The number of hydrogen-bond acceptors (Lipinski definition) is 3. The van der Waals surface area contributed by atoms with Crippen molar-refractivity contribution in [2.45, 2.75) is 19.3 Å². The predicted octanol–water partition coefficient (Wildman–Crippen LogP) is 2.00. The summed E-state index contributed by atoms with van der Waals surface area (Å²) < 4.78 is 0. The number of nitrogens with zero attached hydrogens (tertiary/aromatic N) is 2. The summed E-state index contributed by atoms with van der Waals surface area (Å²) in [6, 6.07) is 1.85. The molecule has 1 aliphatic heterocycles. The van der Waals surface area contributed by atoms with Crippen LogP contribution in [0.5, 0.6) is 0 Å². The van der Waals surface area contributed by atoms with Crippen LogP contribution in [-0.4, -0.2) is 35.9 Å². The summed E-state index contributed by atoms with van der Waals surface area (Å²) in [5, 5.41) is 3.06. The molecule has 1 aromatic heterocycles. The average Bonchev–Trinajstić information content (AvgIpc) is 2.98. The molecular formula is C14H19N3O. The van der Waals surface area contributed by atoms with E-state index >= 15 is 0 Å². The Morgan fingerprint density at radius 3 is 2.78 bits per heavy atom. The van der Waals surface area contributed by atoms with Crippen molar-refractivity contribution in [2.24, 2.45) is 11.8 Å². The van der Waals surface area contributed by atoms with E-state index in [4.69, 9.17) is 0 Å². The van der Waals surface area contributed by atoms with E-state index in [1.165, 1.54) is 19.3 Å². The number of aromatic nitrogens is 1. The number of amides is 1. The molecule has 0 bridgehead atoms. The van der Waals surface area contributed by atoms with Crippen LogP contribution in [0.2, 0.25) is 0 Å². The van der Waals surface area contributed by atoms with Gasteiger partial charge in [0.2, 0.25) is 0 Å². The second kappa shape index (κ2) is 4.59. The molecule has 1 amide bonds. The van der Waals surface area contributed by atoms with Gasteiger partial charge in [0.1, 0.15) is 0 Å². The number of hydrogen-bond donors (Lipinski definition) is 1. The summed E-state index contributed by atoms with van der Waals surface area (Å²) in [6.07, 6.45) is 7.30. The van der Waals surface area contributed by atoms with Crippen LogP contribution in [0, 0.1) is 11.8 Å². The van der Waals surface area contributed by atoms with Gasteiger partial charge in [-0.3, -0.25) is 9.78 Å². The Hall–Kier alpha value is -1.58. The van der Waals surface area contributed by atoms with Gasteiger partial charge in [-0.05, 0) is 30.7 Å². The lowest BCUT2D eigenvalue weighted by Crippen LogP contribution is -2.30. The third kappa shape index (κ3) is 1.85. The van der Waals surface area contributed by atoms with E-state index in [0.29, 0.717) is 5.56 Å². The van der Waals surface area contributed by atoms with Crippen LogP contribution in [0.25, 0.3) is 0 Å². The van der Waals surface area contributed by atoms with Crippen molar-refractivity contribution in [1.82, 2.24) is 9.88 Å². The van der Waals surface area contributed by atoms with E-state index in [-0.39, 0.29) is 5.91 Å². The molecule has 0 spiro atoms. The molecule has 1 aliphatic carbocycles. The second-order valence-electron chi connectivity index (χ2n) is 5.33. The van der Waals surface area contributed by atoms with Crippen LogP contribution < -0.4 is 5.32 Å². The highest BCUT2D eigenvalue weighted by Gasteiger charge is 2.38. The van der Waals surface area contributed by atoms with Crippen LogP contribution in [0.15, 0.2) is 18.5 Å². The summed E-state index contributed by atoms with van der Waals surface area (Å²) >= 11 is 0. The molecular weight excluding hydrogens is 226 g/mol. The molecule has 0 aromatic carbocycles. The van der Waals surface area contributed by atoms with E-state index in [2.05, 4.69) is 10.3 Å². The van der Waals surface area contributed by atoms with Crippen LogP contribution in [0.4, 0.5) is 5.69 Å². The van der Waals surface area contributed by atoms with E-state index in [0.717, 1.165) is 30.6 Å². The number of anilines is 1. The molecule has 96 valence electrons. The maximum atomic E-state index is 12.5. The number of carbonyl (C=O) groups is 1. The molecule has 2 atom stereocenters. The molecule has 2 heterocycles. The quantitative estimate of drug-likeness (QED) is 0.866. The van der Waals surface area contributed by atoms with Gasteiger partial charge >= 0.3 is 0 Å². The lowest BCUT2D eigenvalue weighted by Gasteiger charge is -2.18. The Labute approximate surface area is 107 Å². The maximum absolute atomic E-state index is 12.5. The minimum absolute atomic E-state index is 0.127. The van der Waals surface area contributed by atoms with Crippen molar-refractivity contribution in [3.05, 3.63) is 24.0 Å². The van der Waals surface area contributed by atoms with Gasteiger partial charge in [-0.2, -0.15) is 0 Å². The van der Waals surface area contributed by atoms with E-state index in [1.807, 2.05) is 18.0 Å². The Morgan fingerprint density at radius 2 is 2.11 bits per heavy atom. The van der Waals surface area contributed by atoms with Crippen LogP contribution in [0.1, 0.15) is 29.6 Å². The standard InChI is InChI=1S/C14H19N3O/c1-15-13-5-6-16-7-12(13)14(18)17-8-10-3-2-4-11(10)9-17/h5-7,10-11H,2-4,8-9H2,1H3,(H,15,16). The third-order valence-corrected chi connectivity index (χ3v) is 4.33. The fourth-order valence-electron chi connectivity index (χ4n) is 3.35. The van der Waals surface area contributed by atoms with Gasteiger partial charge in [-0.1, -0.05) is 6.42 Å². The molecule has 4 nitrogen and oxygen atoms in total. The topological polar surface area (TPSA) is 45.2 Å². The molecule has 4 heteroatoms. The first-order chi connectivity index (χ1) is 8.79. The van der Waals surface area contributed by atoms with Crippen LogP contribution in [0.3, 0.4) is 0 Å². The van der Waals surface area contributed by atoms with Crippen LogP contribution in [-0.2, 0) is 0 Å². The largest absolute Gasteiger partial charge is 0.387 e. The van der Waals surface area contributed by atoms with Crippen molar-refractivity contribution >= 4 is 11.6 Å². The molecule has 1 N–H and O–H groups in total. The van der Waals surface area contributed by atoms with Gasteiger partial charge in [0.15, 0.2) is 0 Å². The van der Waals surface area contributed by atoms with Crippen molar-refractivity contribution < 1.29 is 4.79 Å². The zero-order chi connectivity index (χ0) is 12.5. The Bertz CT molecular complexity index is 448. The molecule has 2 unspecified atom stereocenters. The second-order valence-corrected chi connectivity index (χ2v) is 5.33. The minimum atomic E-state index is 0.127. The Morgan fingerprint density at radius 1 is 1.39 bits per heavy atom. The highest BCUT2D eigenvalue weighted by atomic mass is 16.2. The van der Waals surface area contributed by atoms with Gasteiger partial charge in [0.05, 0.1) is 5.56 Å². The van der Waals surface area contributed by atoms with E-state index < -0.39 is 0 Å². The van der Waals surface area contributed by atoms with Gasteiger partial charge in [-0.25, -0.2) is 0 Å². The molecule has 1 saturated carbocycles. The molecule has 1 saturated heterocycles. The number of carbonyl (C=O) groups excluding carboxylic acids is 1. The summed E-state index contributed by atoms with van der Waals surface area (Å²) in [4.78, 5) is 18.6. The zero-order valence-corrected chi connectivity index (χ0v) is 10.7. The van der Waals surface area contributed by atoms with Crippen molar-refractivity contribution in [2.75, 3.05) is 25.5 Å². The van der Waals surface area contributed by atoms with Gasteiger partial charge in [-0.15, -0.1) is 0 Å². The highest BCUT2D eigenvalue weighted by Crippen LogP contribution is 2.38. The third-order valence-electron chi connectivity index (χ3n) is 4.33. The fraction of sp³-hybridized carbons (Fsp3) is 0.571. The summed E-state index contributed by atoms with van der Waals surface area (Å²) in [5.41, 5.74) is 1.56. The fourth-order valence-corrected chi connectivity index (χ4v) is 3.35. The molecule has 2 aliphatic rings. The first kappa shape index (κ1) is 11.5. The van der Waals surface area contributed by atoms with E-state index in [9.17, 15) is 4.79 Å². The molecule has 3 rings (SSSR count). The molecule has 18 heavy (non-hydrogen) atoms. The normalized spacial score (nSPS) is 26.2. The van der Waals surface area contributed by atoms with Gasteiger partial charge in [0, 0.05) is 38.2 Å². The minimum Gasteiger partial charge on any atom is -0.387 e. The number of nitrogens with one attached hydrogen (secondary N) is 1. The summed E-state index contributed by atoms with van der Waals surface area (Å²) in [6.45, 7) is 1.86. The lowest BCUT2D eigenvalue weighted by atomic mass is 10.0. The monoisotopic (exact) mass is 245 g/mol. The summed E-state index contributed by atoms with van der Waals surface area (Å²) in [7, 11) is 1.84. The maximum Gasteiger partial charge on any atom is 0.257 e. The van der Waals surface area contributed by atoms with Crippen molar-refractivity contribution in [3.8, 4) is 0 Å². The van der Waals surface area contributed by atoms with Gasteiger partial charge < -0.3 is 10.2 Å². The number of pyridine rings is 1. The Balaban J connectivity index is 1.79. The first-order valence-electron chi connectivity index (χ1n) is 6.70. The number of likely N-dealkylation sites (tertiary alicyclic amines) is 1. The number of fused-ring (bicyclic) bond motifs is 1. The molecule has 2 fully saturated rings. The average molecular weight is 245 g/mol. The zero-order valence-electron chi connectivity index (χ0n) is 10.7. The first-order valence-corrected chi connectivity index (χ1v) is 6.70. The highest BCUT2D eigenvalue weighted by molar-refractivity contribution is 5.99. The lowest BCUT2D eigenvalue weighted by molar-refractivity contribution is 0.0781. The van der Waals surface area contributed by atoms with Crippen LogP contribution >= 0.6 is 0 Å². The smallest absolute Gasteiger partial charge is 0.257 e. The van der Waals surface area contributed by atoms with Crippen molar-refractivity contribution in [3.63, 3.8) is 0 Å². The van der Waals surface area contributed by atoms with E-state index in [1.54, 1.807) is 12.4 Å². The Kier molecular flexibility index (Phi) is 2.94. The van der Waals surface area contributed by atoms with Crippen molar-refractivity contribution in [1.29, 1.82) is 0 Å². The van der Waals surface area contributed by atoms with Gasteiger partial charge in [0.25, 0.3) is 5.91 Å². The molecule has 1 aromatic rings. The predicted molar refractivity (Wildman–Crippen MR) is 70.5 cm³/mol. The summed E-state index contributed by atoms with van der Waals surface area (Å²) in [5.74, 6) is 1.61. The number of rotatable bonds is 2.